The molecular formula is C2H7KO8Si. The summed E-state index contributed by atoms with van der Waals surface area (Å²) in [6, 6.07) is 0. The van der Waals surface area contributed by atoms with Gasteiger partial charge in [0.15, 0.2) is 0 Å². The minimum atomic E-state index is -4.61. The number of aliphatic carboxylic acids is 2. The van der Waals surface area contributed by atoms with Crippen LogP contribution in [0.4, 0.5) is 0 Å². The molecule has 0 spiro atoms. The zero-order chi connectivity index (χ0) is 9.65. The summed E-state index contributed by atoms with van der Waals surface area (Å²) in [6.07, 6.45) is 0. The van der Waals surface area contributed by atoms with Gasteiger partial charge in [0.25, 0.3) is 0 Å². The zero-order valence-corrected chi connectivity index (χ0v) is 10.1. The van der Waals surface area contributed by atoms with Crippen LogP contribution < -0.4 is 51.4 Å². The summed E-state index contributed by atoms with van der Waals surface area (Å²) in [7, 11) is -4.61. The molecule has 0 saturated heterocycles. The van der Waals surface area contributed by atoms with Gasteiger partial charge in [-0.25, -0.2) is 9.59 Å². The molecule has 0 radical (unpaired) electrons. The summed E-state index contributed by atoms with van der Waals surface area (Å²) in [5.41, 5.74) is 0. The molecule has 0 aliphatic rings. The summed E-state index contributed by atoms with van der Waals surface area (Å²) >= 11 is 0. The zero-order valence-electron chi connectivity index (χ0n) is 7.00. The van der Waals surface area contributed by atoms with Gasteiger partial charge < -0.3 is 30.8 Å². The number of hydrogen-bond donors (Lipinski definition) is 6. The van der Waals surface area contributed by atoms with Crippen molar-refractivity contribution in [1.82, 2.24) is 0 Å². The molecule has 6 N–H and O–H groups in total. The number of carboxylic acids is 2. The molecule has 0 amide bonds. The molecule has 0 bridgehead atoms. The van der Waals surface area contributed by atoms with Crippen molar-refractivity contribution in [2.24, 2.45) is 0 Å². The Kier molecular flexibility index (Phi) is 12.7. The van der Waals surface area contributed by atoms with Crippen LogP contribution in [-0.4, -0.2) is 50.4 Å². The third-order valence-electron chi connectivity index (χ3n) is 0.183. The average Bonchev–Trinajstić information content (AvgIpc) is 1.59. The van der Waals surface area contributed by atoms with Crippen molar-refractivity contribution in [3.05, 3.63) is 0 Å². The van der Waals surface area contributed by atoms with E-state index in [0.717, 1.165) is 0 Å². The van der Waals surface area contributed by atoms with Gasteiger partial charge in [-0.3, -0.25) is 0 Å². The maximum absolute atomic E-state index is 9.10. The van der Waals surface area contributed by atoms with Gasteiger partial charge >= 0.3 is 72.4 Å². The van der Waals surface area contributed by atoms with Crippen LogP contribution in [0.1, 0.15) is 1.43 Å². The fourth-order valence-electron chi connectivity index (χ4n) is 0. The summed E-state index contributed by atoms with van der Waals surface area (Å²) in [5.74, 6) is -3.65. The van der Waals surface area contributed by atoms with Crippen LogP contribution in [0.5, 0.6) is 0 Å². The first-order valence-electron chi connectivity index (χ1n) is 2.00. The van der Waals surface area contributed by atoms with E-state index in [1.165, 1.54) is 0 Å². The summed E-state index contributed by atoms with van der Waals surface area (Å²) in [6.45, 7) is 0. The van der Waals surface area contributed by atoms with Crippen molar-refractivity contribution in [1.29, 1.82) is 0 Å². The fourth-order valence-corrected chi connectivity index (χ4v) is 0. The Bertz CT molecular complexity index is 137. The predicted molar refractivity (Wildman–Crippen MR) is 31.0 cm³/mol. The van der Waals surface area contributed by atoms with Crippen LogP contribution in [0.2, 0.25) is 0 Å². The Hall–Kier alpha value is 0.633. The van der Waals surface area contributed by atoms with E-state index in [2.05, 4.69) is 0 Å². The fraction of sp³-hybridized carbons (Fsp3) is 0. The first kappa shape index (κ1) is 18.4. The second-order valence-electron chi connectivity index (χ2n) is 1.21. The van der Waals surface area contributed by atoms with Crippen LogP contribution in [0.15, 0.2) is 0 Å². The number of carboxylic acid groups (broad SMARTS) is 2. The first-order valence-corrected chi connectivity index (χ1v) is 3.79. The molecule has 0 atom stereocenters. The van der Waals surface area contributed by atoms with Crippen molar-refractivity contribution in [3.63, 3.8) is 0 Å². The molecule has 12 heavy (non-hydrogen) atoms. The van der Waals surface area contributed by atoms with E-state index >= 15 is 0 Å². The van der Waals surface area contributed by atoms with Gasteiger partial charge in [0.2, 0.25) is 0 Å². The van der Waals surface area contributed by atoms with E-state index in [0.29, 0.717) is 0 Å². The topological polar surface area (TPSA) is 156 Å². The Morgan fingerprint density at radius 3 is 1.00 bits per heavy atom. The third-order valence-corrected chi connectivity index (χ3v) is 0.183. The third kappa shape index (κ3) is 46.0. The van der Waals surface area contributed by atoms with E-state index < -0.39 is 21.0 Å². The standard InChI is InChI=1S/C2H2O4.K.H4O4Si.H/c3-1(4)2(5)6;;1-5(2,3)4;/h(H,3,4)(H,5,6);;1-4H;/q;+1;;-1. The molecule has 0 unspecified atom stereocenters. The molecule has 0 fully saturated rings. The molecule has 0 rings (SSSR count). The molecule has 68 valence electrons. The van der Waals surface area contributed by atoms with Crippen molar-refractivity contribution < 1.29 is 91.8 Å². The van der Waals surface area contributed by atoms with E-state index in [1.807, 2.05) is 0 Å². The van der Waals surface area contributed by atoms with Gasteiger partial charge in [0.05, 0.1) is 0 Å². The summed E-state index contributed by atoms with van der Waals surface area (Å²) in [4.78, 5) is 47.5. The number of rotatable bonds is 0. The quantitative estimate of drug-likeness (QED) is 0.176. The van der Waals surface area contributed by atoms with Crippen molar-refractivity contribution >= 4 is 21.0 Å². The number of hydrogen-bond acceptors (Lipinski definition) is 6. The van der Waals surface area contributed by atoms with Crippen molar-refractivity contribution in [2.45, 2.75) is 0 Å². The van der Waals surface area contributed by atoms with E-state index in [9.17, 15) is 0 Å². The van der Waals surface area contributed by atoms with E-state index in [1.54, 1.807) is 0 Å². The molecule has 0 aliphatic heterocycles. The Labute approximate surface area is 111 Å². The molecule has 0 saturated carbocycles. The molecule has 0 aromatic rings. The van der Waals surface area contributed by atoms with Gasteiger partial charge in [0.1, 0.15) is 0 Å². The van der Waals surface area contributed by atoms with Gasteiger partial charge in [-0.15, -0.1) is 0 Å². The maximum atomic E-state index is 9.10. The van der Waals surface area contributed by atoms with Crippen molar-refractivity contribution in [2.75, 3.05) is 0 Å². The second-order valence-corrected chi connectivity index (χ2v) is 2.41. The smallest absolute Gasteiger partial charge is 1.00 e. The van der Waals surface area contributed by atoms with Crippen LogP contribution >= 0.6 is 0 Å². The minimum absolute atomic E-state index is 0. The van der Waals surface area contributed by atoms with Crippen LogP contribution in [0.25, 0.3) is 0 Å². The largest absolute Gasteiger partial charge is 1.00 e. The van der Waals surface area contributed by atoms with E-state index in [-0.39, 0.29) is 52.8 Å². The molecule has 0 heterocycles. The Morgan fingerprint density at radius 1 is 0.917 bits per heavy atom. The molecule has 0 aromatic heterocycles. The SMILES string of the molecule is O=C(O)C(=O)O.O[Si](O)(O)O.[H-].[K+]. The Morgan fingerprint density at radius 2 is 1.00 bits per heavy atom. The molecule has 0 aliphatic carbocycles. The first-order chi connectivity index (χ1) is 4.64. The van der Waals surface area contributed by atoms with E-state index in [4.69, 9.17) is 39.0 Å². The van der Waals surface area contributed by atoms with Crippen molar-refractivity contribution in [3.8, 4) is 0 Å². The number of carbonyl (C=O) groups is 2. The normalized spacial score (nSPS) is 8.67. The average molecular weight is 226 g/mol. The monoisotopic (exact) mass is 226 g/mol. The molecular weight excluding hydrogens is 219 g/mol. The van der Waals surface area contributed by atoms with Crippen LogP contribution in [-0.2, 0) is 9.59 Å². The van der Waals surface area contributed by atoms with Crippen LogP contribution in [0, 0.1) is 0 Å². The van der Waals surface area contributed by atoms with Gasteiger partial charge in [-0.1, -0.05) is 0 Å². The van der Waals surface area contributed by atoms with Crippen LogP contribution in [0.3, 0.4) is 0 Å². The maximum Gasteiger partial charge on any atom is 1.00 e. The minimum Gasteiger partial charge on any atom is -1.00 e. The van der Waals surface area contributed by atoms with Gasteiger partial charge in [-0.2, -0.15) is 0 Å². The summed E-state index contributed by atoms with van der Waals surface area (Å²) in [5, 5.41) is 14.8. The van der Waals surface area contributed by atoms with Gasteiger partial charge in [-0.05, 0) is 0 Å². The van der Waals surface area contributed by atoms with Gasteiger partial charge in [0, 0.05) is 0 Å². The predicted octanol–water partition coefficient (Wildman–Crippen LogP) is -6.34. The molecule has 8 nitrogen and oxygen atoms in total. The molecule has 0 aromatic carbocycles. The Balaban J connectivity index is -0.0000000546. The summed E-state index contributed by atoms with van der Waals surface area (Å²) < 4.78 is 0. The molecule has 10 heteroatoms. The second kappa shape index (κ2) is 8.24.